The van der Waals surface area contributed by atoms with E-state index in [-0.39, 0.29) is 17.6 Å². The molecule has 2 aliphatic rings. The Morgan fingerprint density at radius 1 is 1.27 bits per heavy atom. The molecule has 1 aromatic rings. The molecule has 0 spiro atoms. The molecule has 140 valence electrons. The van der Waals surface area contributed by atoms with E-state index in [1.54, 1.807) is 24.5 Å². The van der Waals surface area contributed by atoms with Gasteiger partial charge in [-0.3, -0.25) is 19.4 Å². The van der Waals surface area contributed by atoms with Crippen molar-refractivity contribution in [2.75, 3.05) is 19.3 Å². The third-order valence-electron chi connectivity index (χ3n) is 4.91. The molecule has 3 rings (SSSR count). The molecule has 1 aliphatic carbocycles. The quantitative estimate of drug-likeness (QED) is 0.821. The molecule has 1 fully saturated rings. The van der Waals surface area contributed by atoms with Crippen LogP contribution in [-0.2, 0) is 21.4 Å². The van der Waals surface area contributed by atoms with Crippen molar-refractivity contribution < 1.29 is 13.2 Å². The summed E-state index contributed by atoms with van der Waals surface area (Å²) in [6.07, 6.45) is 12.4. The normalized spacial score (nSPS) is 22.0. The van der Waals surface area contributed by atoms with Gasteiger partial charge in [0.1, 0.15) is 5.78 Å². The highest BCUT2D eigenvalue weighted by Gasteiger charge is 2.29. The fourth-order valence-corrected chi connectivity index (χ4v) is 4.13. The Labute approximate surface area is 155 Å². The first kappa shape index (κ1) is 18.8. The van der Waals surface area contributed by atoms with Crippen LogP contribution in [0.5, 0.6) is 0 Å². The van der Waals surface area contributed by atoms with E-state index in [9.17, 15) is 13.2 Å². The predicted octanol–water partition coefficient (Wildman–Crippen LogP) is 1.87. The first-order chi connectivity index (χ1) is 12.4. The summed E-state index contributed by atoms with van der Waals surface area (Å²) in [7, 11) is -3.28. The Morgan fingerprint density at radius 3 is 2.54 bits per heavy atom. The number of piperidine rings is 1. The van der Waals surface area contributed by atoms with Gasteiger partial charge in [0.2, 0.25) is 10.0 Å². The highest BCUT2D eigenvalue weighted by molar-refractivity contribution is 7.88. The van der Waals surface area contributed by atoms with Crippen molar-refractivity contribution in [1.29, 1.82) is 0 Å². The van der Waals surface area contributed by atoms with E-state index in [0.29, 0.717) is 12.1 Å². The monoisotopic (exact) mass is 375 g/mol. The van der Waals surface area contributed by atoms with Gasteiger partial charge >= 0.3 is 0 Å². The minimum absolute atomic E-state index is 0.0937. The van der Waals surface area contributed by atoms with Gasteiger partial charge in [0, 0.05) is 36.5 Å². The van der Waals surface area contributed by atoms with Crippen molar-refractivity contribution in [1.82, 2.24) is 14.6 Å². The molecule has 1 atom stereocenters. The van der Waals surface area contributed by atoms with Crippen LogP contribution in [0.25, 0.3) is 0 Å². The summed E-state index contributed by atoms with van der Waals surface area (Å²) in [6.45, 7) is 2.74. The van der Waals surface area contributed by atoms with Crippen LogP contribution >= 0.6 is 0 Å². The summed E-state index contributed by atoms with van der Waals surface area (Å²) in [4.78, 5) is 19.2. The Balaban J connectivity index is 1.48. The number of pyridine rings is 1. The number of nitrogens with zero attached hydrogens (tertiary/aromatic N) is 2. The van der Waals surface area contributed by atoms with Crippen LogP contribution in [0.3, 0.4) is 0 Å². The average Bonchev–Trinajstić information content (AvgIpc) is 2.62. The van der Waals surface area contributed by atoms with Crippen molar-refractivity contribution in [3.8, 4) is 0 Å². The standard InChI is InChI=1S/C19H25N3O3S/c1-26(24,25)21-18-4-2-16(3-5-18)19(23)17-8-12-22(13-9-17)14-15-6-10-20-11-7-15/h2,4-7,10-11,16-17,21H,3,8-9,12-14H2,1H3. The number of sulfonamides is 1. The Bertz CT molecular complexity index is 795. The summed E-state index contributed by atoms with van der Waals surface area (Å²) >= 11 is 0. The van der Waals surface area contributed by atoms with Gasteiger partial charge in [-0.05, 0) is 56.1 Å². The molecule has 0 amide bonds. The predicted molar refractivity (Wildman–Crippen MR) is 101 cm³/mol. The second kappa shape index (κ2) is 8.14. The van der Waals surface area contributed by atoms with Crippen LogP contribution in [0.15, 0.2) is 48.5 Å². The lowest BCUT2D eigenvalue weighted by Crippen LogP contribution is -2.37. The maximum atomic E-state index is 12.8. The van der Waals surface area contributed by atoms with Crippen LogP contribution in [-0.4, -0.2) is 43.4 Å². The van der Waals surface area contributed by atoms with Crippen LogP contribution in [0.4, 0.5) is 0 Å². The summed E-state index contributed by atoms with van der Waals surface area (Å²) in [5.41, 5.74) is 1.79. The maximum Gasteiger partial charge on any atom is 0.229 e. The number of carbonyl (C=O) groups excluding carboxylic acids is 1. The molecule has 1 aromatic heterocycles. The minimum atomic E-state index is -3.28. The molecule has 1 aliphatic heterocycles. The Hall–Kier alpha value is -1.99. The van der Waals surface area contributed by atoms with Crippen molar-refractivity contribution in [3.63, 3.8) is 0 Å². The number of likely N-dealkylation sites (tertiary alicyclic amines) is 1. The van der Waals surface area contributed by atoms with E-state index >= 15 is 0 Å². The van der Waals surface area contributed by atoms with E-state index in [0.717, 1.165) is 38.7 Å². The summed E-state index contributed by atoms with van der Waals surface area (Å²) in [6, 6.07) is 4.05. The lowest BCUT2D eigenvalue weighted by Gasteiger charge is -2.32. The second-order valence-electron chi connectivity index (χ2n) is 7.04. The smallest absolute Gasteiger partial charge is 0.229 e. The molecular weight excluding hydrogens is 350 g/mol. The third kappa shape index (κ3) is 5.25. The first-order valence-electron chi connectivity index (χ1n) is 8.92. The van der Waals surface area contributed by atoms with Gasteiger partial charge in [0.15, 0.2) is 0 Å². The fraction of sp³-hybridized carbons (Fsp3) is 0.474. The SMILES string of the molecule is CS(=O)(=O)NC1=CCC(C(=O)C2CCN(Cc3ccncc3)CC2)C=C1. The van der Waals surface area contributed by atoms with E-state index in [4.69, 9.17) is 0 Å². The lowest BCUT2D eigenvalue weighted by molar-refractivity contribution is -0.126. The highest BCUT2D eigenvalue weighted by atomic mass is 32.2. The molecular formula is C19H25N3O3S. The topological polar surface area (TPSA) is 79.4 Å². The number of Topliss-reactive ketones (excluding diaryl/α,β-unsaturated/α-hetero) is 1. The molecule has 1 unspecified atom stereocenters. The molecule has 2 heterocycles. The first-order valence-corrected chi connectivity index (χ1v) is 10.8. The van der Waals surface area contributed by atoms with Crippen LogP contribution < -0.4 is 4.72 Å². The number of carbonyl (C=O) groups is 1. The molecule has 0 radical (unpaired) electrons. The minimum Gasteiger partial charge on any atom is -0.299 e. The number of rotatable bonds is 6. The summed E-state index contributed by atoms with van der Waals surface area (Å²) < 4.78 is 25.0. The van der Waals surface area contributed by atoms with E-state index in [2.05, 4.69) is 14.6 Å². The number of hydrogen-bond donors (Lipinski definition) is 1. The zero-order valence-electron chi connectivity index (χ0n) is 15.0. The van der Waals surface area contributed by atoms with Crippen molar-refractivity contribution in [2.45, 2.75) is 25.8 Å². The zero-order chi connectivity index (χ0) is 18.6. The number of ketones is 1. The van der Waals surface area contributed by atoms with E-state index < -0.39 is 10.0 Å². The van der Waals surface area contributed by atoms with Gasteiger partial charge in [-0.15, -0.1) is 0 Å². The van der Waals surface area contributed by atoms with Gasteiger partial charge in [-0.25, -0.2) is 8.42 Å². The number of hydrogen-bond acceptors (Lipinski definition) is 5. The van der Waals surface area contributed by atoms with Crippen molar-refractivity contribution >= 4 is 15.8 Å². The van der Waals surface area contributed by atoms with Crippen LogP contribution in [0.2, 0.25) is 0 Å². The number of allylic oxidation sites excluding steroid dienone is 3. The van der Waals surface area contributed by atoms with E-state index in [1.165, 1.54) is 5.56 Å². The van der Waals surface area contributed by atoms with Crippen molar-refractivity contribution in [3.05, 3.63) is 54.0 Å². The molecule has 26 heavy (non-hydrogen) atoms. The van der Waals surface area contributed by atoms with Gasteiger partial charge in [0.05, 0.1) is 6.26 Å². The van der Waals surface area contributed by atoms with Gasteiger partial charge in [-0.2, -0.15) is 0 Å². The fourth-order valence-electron chi connectivity index (χ4n) is 3.55. The second-order valence-corrected chi connectivity index (χ2v) is 8.79. The van der Waals surface area contributed by atoms with Gasteiger partial charge < -0.3 is 0 Å². The lowest BCUT2D eigenvalue weighted by atomic mass is 9.83. The van der Waals surface area contributed by atoms with E-state index in [1.807, 2.05) is 18.2 Å². The molecule has 1 saturated heterocycles. The highest BCUT2D eigenvalue weighted by Crippen LogP contribution is 2.26. The average molecular weight is 375 g/mol. The maximum absolute atomic E-state index is 12.8. The number of aromatic nitrogens is 1. The molecule has 6 nitrogen and oxygen atoms in total. The molecule has 0 saturated carbocycles. The van der Waals surface area contributed by atoms with Crippen LogP contribution in [0, 0.1) is 11.8 Å². The Morgan fingerprint density at radius 2 is 1.96 bits per heavy atom. The number of nitrogens with one attached hydrogen (secondary N) is 1. The Kier molecular flexibility index (Phi) is 5.88. The summed E-state index contributed by atoms with van der Waals surface area (Å²) in [5, 5.41) is 0. The van der Waals surface area contributed by atoms with Crippen molar-refractivity contribution in [2.24, 2.45) is 11.8 Å². The molecule has 0 aromatic carbocycles. The third-order valence-corrected chi connectivity index (χ3v) is 5.52. The van der Waals surface area contributed by atoms with Crippen LogP contribution in [0.1, 0.15) is 24.8 Å². The zero-order valence-corrected chi connectivity index (χ0v) is 15.8. The molecule has 0 bridgehead atoms. The van der Waals surface area contributed by atoms with Gasteiger partial charge in [0.25, 0.3) is 0 Å². The molecule has 1 N–H and O–H groups in total. The summed E-state index contributed by atoms with van der Waals surface area (Å²) in [5.74, 6) is 0.229. The molecule has 7 heteroatoms. The largest absolute Gasteiger partial charge is 0.299 e. The van der Waals surface area contributed by atoms with Gasteiger partial charge in [-0.1, -0.05) is 12.2 Å².